The van der Waals surface area contributed by atoms with Crippen LogP contribution in [0.15, 0.2) is 25.3 Å². The van der Waals surface area contributed by atoms with Crippen LogP contribution in [0.5, 0.6) is 0 Å². The number of hydrogen-bond donors (Lipinski definition) is 6. The fourth-order valence-electron chi connectivity index (χ4n) is 4.23. The third-order valence-electron chi connectivity index (χ3n) is 6.45. The second-order valence-electron chi connectivity index (χ2n) is 10.3. The van der Waals surface area contributed by atoms with E-state index >= 15 is 0 Å². The Kier molecular flexibility index (Phi) is 14.3. The number of aliphatic hydroxyl groups is 4. The van der Waals surface area contributed by atoms with E-state index in [0.717, 1.165) is 34.4 Å². The number of nitrogen functional groups attached to an aromatic ring is 2. The first-order chi connectivity index (χ1) is 24.8. The molecule has 0 saturated carbocycles. The Morgan fingerprint density at radius 1 is 0.623 bits per heavy atom. The van der Waals surface area contributed by atoms with Crippen molar-refractivity contribution in [1.29, 1.82) is 0 Å². The first-order valence-electron chi connectivity index (χ1n) is 14.4. The van der Waals surface area contributed by atoms with Gasteiger partial charge in [-0.1, -0.05) is 0 Å². The largest absolute Gasteiger partial charge is 0.778 e. The predicted molar refractivity (Wildman–Crippen MR) is 165 cm³/mol. The summed E-state index contributed by atoms with van der Waals surface area (Å²) >= 11 is 0. The fraction of sp³-hybridized carbons (Fsp3) is 0.524. The molecule has 0 spiro atoms. The standard InChI is InChI=1S/C21H34N10O18P4/c22-18-16-20(26-7-24-18)30(9-28-16)14(3-34)46-12(1-32)5-44-52(40,41)48-50(36,37)11-51(38,39)49-53(42,43)45-6-13(2-33)47-15(4-35)31-10-29-17-19(23)25-8-27-21(17)31/h7-10,12-15,32-35H,1-6,11H2,(H,36,37)(H,38,39)(H,40,41)(H,42,43)(H2,22,24,26)(H2,23,25,27)/p-4/t12-,13-,14+,15+/m0/s1. The van der Waals surface area contributed by atoms with Crippen LogP contribution in [-0.4, -0.2) is 117 Å². The van der Waals surface area contributed by atoms with E-state index in [-0.39, 0.29) is 34.0 Å². The average Bonchev–Trinajstić information content (AvgIpc) is 3.70. The minimum Gasteiger partial charge on any atom is -0.778 e. The number of nitrogens with two attached hydrogens (primary N) is 2. The molecule has 0 saturated heterocycles. The van der Waals surface area contributed by atoms with Crippen LogP contribution in [0.1, 0.15) is 12.5 Å². The summed E-state index contributed by atoms with van der Waals surface area (Å²) in [5.74, 6) is -2.38. The molecule has 32 heteroatoms. The molecule has 0 aliphatic rings. The Labute approximate surface area is 296 Å². The van der Waals surface area contributed by atoms with Gasteiger partial charge in [0.05, 0.1) is 58.2 Å². The quantitative estimate of drug-likeness (QED) is 0.0407. The number of anilines is 2. The van der Waals surface area contributed by atoms with Crippen molar-refractivity contribution in [1.82, 2.24) is 39.0 Å². The molecule has 4 aromatic heterocycles. The topological polar surface area (TPSA) is 436 Å². The van der Waals surface area contributed by atoms with Gasteiger partial charge in [-0.05, 0) is 0 Å². The average molecular weight is 834 g/mol. The lowest BCUT2D eigenvalue weighted by Crippen LogP contribution is -2.30. The molecule has 8 atom stereocenters. The van der Waals surface area contributed by atoms with Gasteiger partial charge >= 0.3 is 0 Å². The van der Waals surface area contributed by atoms with Crippen LogP contribution < -0.4 is 31.0 Å². The van der Waals surface area contributed by atoms with Crippen molar-refractivity contribution in [2.45, 2.75) is 24.7 Å². The summed E-state index contributed by atoms with van der Waals surface area (Å²) in [5, 5.41) is 38.9. The normalized spacial score (nSPS) is 19.2. The Morgan fingerprint density at radius 2 is 1.00 bits per heavy atom. The monoisotopic (exact) mass is 834 g/mol. The van der Waals surface area contributed by atoms with Gasteiger partial charge in [-0.25, -0.2) is 29.9 Å². The lowest BCUT2D eigenvalue weighted by Gasteiger charge is -2.37. The Morgan fingerprint density at radius 3 is 1.34 bits per heavy atom. The van der Waals surface area contributed by atoms with Crippen molar-refractivity contribution < 1.29 is 85.4 Å². The summed E-state index contributed by atoms with van der Waals surface area (Å²) in [6.07, 6.45) is -1.50. The van der Waals surface area contributed by atoms with E-state index in [2.05, 4.69) is 47.6 Å². The van der Waals surface area contributed by atoms with Crippen LogP contribution >= 0.6 is 30.8 Å². The number of hydrogen-bond acceptors (Lipinski definition) is 26. The number of ether oxygens (including phenoxy) is 2. The molecule has 296 valence electrons. The second kappa shape index (κ2) is 17.7. The van der Waals surface area contributed by atoms with Gasteiger partial charge in [0.2, 0.25) is 0 Å². The number of imidazole rings is 2. The maximum Gasteiger partial charge on any atom is 0.272 e. The highest BCUT2D eigenvalue weighted by Crippen LogP contribution is 2.65. The van der Waals surface area contributed by atoms with Gasteiger partial charge in [0, 0.05) is 0 Å². The summed E-state index contributed by atoms with van der Waals surface area (Å²) in [6.45, 7) is -5.79. The first-order valence-corrected chi connectivity index (χ1v) is 20.7. The molecule has 0 amide bonds. The molecule has 0 fully saturated rings. The van der Waals surface area contributed by atoms with Crippen LogP contribution in [0.4, 0.5) is 11.6 Å². The van der Waals surface area contributed by atoms with E-state index in [1.165, 1.54) is 0 Å². The van der Waals surface area contributed by atoms with Gasteiger partial charge in [0.1, 0.15) is 35.9 Å². The van der Waals surface area contributed by atoms with Crippen molar-refractivity contribution in [3.8, 4) is 0 Å². The van der Waals surface area contributed by atoms with Crippen LogP contribution in [0.2, 0.25) is 0 Å². The molecule has 8 N–H and O–H groups in total. The van der Waals surface area contributed by atoms with E-state index < -0.39 is 101 Å². The number of phosphoric acid groups is 2. The van der Waals surface area contributed by atoms with Crippen molar-refractivity contribution in [2.24, 2.45) is 0 Å². The summed E-state index contributed by atoms with van der Waals surface area (Å²) in [6, 6.07) is 0. The highest BCUT2D eigenvalue weighted by Gasteiger charge is 2.30. The highest BCUT2D eigenvalue weighted by atomic mass is 31.3. The maximum atomic E-state index is 12.3. The lowest BCUT2D eigenvalue weighted by molar-refractivity contribution is -0.236. The first kappa shape index (κ1) is 42.8. The van der Waals surface area contributed by atoms with Gasteiger partial charge < -0.3 is 79.1 Å². The molecular formula is C21H30N10O18P4-4. The molecule has 0 aliphatic heterocycles. The van der Waals surface area contributed by atoms with Crippen molar-refractivity contribution in [2.75, 3.05) is 57.0 Å². The van der Waals surface area contributed by atoms with Crippen molar-refractivity contribution in [3.05, 3.63) is 25.3 Å². The zero-order valence-electron chi connectivity index (χ0n) is 26.6. The van der Waals surface area contributed by atoms with E-state index in [0.29, 0.717) is 0 Å². The van der Waals surface area contributed by atoms with E-state index in [4.69, 9.17) is 20.9 Å². The number of phosphoric ester groups is 2. The van der Waals surface area contributed by atoms with Crippen LogP contribution in [0.3, 0.4) is 0 Å². The van der Waals surface area contributed by atoms with E-state index in [1.54, 1.807) is 0 Å². The van der Waals surface area contributed by atoms with Crippen molar-refractivity contribution >= 4 is 64.8 Å². The fourth-order valence-corrected chi connectivity index (χ4v) is 10.8. The Bertz CT molecular complexity index is 1910. The van der Waals surface area contributed by atoms with Gasteiger partial charge in [0.15, 0.2) is 50.6 Å². The van der Waals surface area contributed by atoms with Crippen molar-refractivity contribution in [3.63, 3.8) is 0 Å². The minimum atomic E-state index is -6.08. The van der Waals surface area contributed by atoms with Gasteiger partial charge in [-0.15, -0.1) is 0 Å². The Hall–Kier alpha value is -2.94. The van der Waals surface area contributed by atoms with Gasteiger partial charge in [-0.2, -0.15) is 0 Å². The predicted octanol–water partition coefficient (Wildman–Crippen LogP) is -4.37. The molecule has 4 heterocycles. The summed E-state index contributed by atoms with van der Waals surface area (Å²) in [4.78, 5) is 72.4. The molecule has 28 nitrogen and oxygen atoms in total. The third kappa shape index (κ3) is 11.5. The van der Waals surface area contributed by atoms with Gasteiger partial charge in [-0.3, -0.25) is 26.9 Å². The molecule has 0 aliphatic carbocycles. The molecular weight excluding hydrogens is 804 g/mol. The summed E-state index contributed by atoms with van der Waals surface area (Å²) < 4.78 is 78.8. The zero-order valence-corrected chi connectivity index (χ0v) is 30.2. The van der Waals surface area contributed by atoms with E-state index in [1.807, 2.05) is 0 Å². The molecule has 53 heavy (non-hydrogen) atoms. The number of aliphatic hydroxyl groups excluding tert-OH is 4. The molecule has 4 rings (SSSR count). The lowest BCUT2D eigenvalue weighted by atomic mass is 10.4. The van der Waals surface area contributed by atoms with Crippen LogP contribution in [0.25, 0.3) is 22.3 Å². The number of rotatable bonds is 22. The number of fused-ring (bicyclic) bond motifs is 2. The molecule has 4 aromatic rings. The van der Waals surface area contributed by atoms with Crippen LogP contribution in [-0.2, 0) is 45.4 Å². The third-order valence-corrected chi connectivity index (χ3v) is 13.7. The number of nitrogens with zero attached hydrogens (tertiary/aromatic N) is 8. The highest BCUT2D eigenvalue weighted by molar-refractivity contribution is 7.75. The van der Waals surface area contributed by atoms with Crippen LogP contribution in [0, 0.1) is 0 Å². The molecule has 4 unspecified atom stereocenters. The summed E-state index contributed by atoms with van der Waals surface area (Å²) in [5.41, 5.74) is 11.8. The molecule has 0 aromatic carbocycles. The maximum absolute atomic E-state index is 12.3. The zero-order chi connectivity index (χ0) is 39.2. The summed E-state index contributed by atoms with van der Waals surface area (Å²) in [7, 11) is -24.1. The smallest absolute Gasteiger partial charge is 0.272 e. The van der Waals surface area contributed by atoms with Gasteiger partial charge in [0.25, 0.3) is 15.6 Å². The molecule has 0 radical (unpaired) electrons. The molecule has 0 bridgehead atoms. The Balaban J connectivity index is 1.30. The second-order valence-corrected chi connectivity index (χ2v) is 17.5. The SMILES string of the molecule is Nc1ncnc2c1ncn2[C@@H](CO)O[C@@H](CO)COP(=O)([O-])OP(=O)([O-])CP(=O)([O-])OP(=O)([O-])OC[C@H](CO)O[C@H](CO)n1cnc2c(N)ncnc21. The minimum absolute atomic E-state index is 0.0192. The van der Waals surface area contributed by atoms with E-state index in [9.17, 15) is 58.3 Å². The number of aromatic nitrogens is 8.